The minimum atomic E-state index is -0.299. The second kappa shape index (κ2) is 7.53. The van der Waals surface area contributed by atoms with E-state index in [9.17, 15) is 4.79 Å². The number of carbonyl (C=O) groups is 1. The number of anilines is 3. The molecule has 1 aromatic carbocycles. The smallest absolute Gasteiger partial charge is 0.292 e. The third-order valence-corrected chi connectivity index (χ3v) is 4.75. The minimum absolute atomic E-state index is 0.271. The Morgan fingerprint density at radius 2 is 1.78 bits per heavy atom. The minimum Gasteiger partial charge on any atom is -0.459 e. The average molecular weight is 362 g/mol. The van der Waals surface area contributed by atoms with Gasteiger partial charge in [-0.25, -0.2) is 4.98 Å². The molecule has 0 bridgehead atoms. The molecule has 1 N–H and O–H groups in total. The topological polar surface area (TPSA) is 61.6 Å². The molecule has 0 spiro atoms. The Hall–Kier alpha value is -3.28. The second-order valence-electron chi connectivity index (χ2n) is 6.65. The van der Waals surface area contributed by atoms with Crippen molar-refractivity contribution < 1.29 is 9.21 Å². The molecule has 0 atom stereocenters. The van der Waals surface area contributed by atoms with Crippen LogP contribution in [0.1, 0.15) is 16.1 Å². The highest BCUT2D eigenvalue weighted by molar-refractivity contribution is 6.01. The molecule has 0 saturated carbocycles. The number of nitrogens with zero attached hydrogens (tertiary/aromatic N) is 3. The van der Waals surface area contributed by atoms with Crippen molar-refractivity contribution in [3.05, 3.63) is 72.3 Å². The molecule has 1 aliphatic heterocycles. The Balaban J connectivity index is 1.35. The molecule has 0 radical (unpaired) electrons. The third kappa shape index (κ3) is 3.95. The summed E-state index contributed by atoms with van der Waals surface area (Å²) in [4.78, 5) is 21.1. The molecule has 4 rings (SSSR count). The first-order valence-corrected chi connectivity index (χ1v) is 9.06. The van der Waals surface area contributed by atoms with Crippen molar-refractivity contribution in [3.63, 3.8) is 0 Å². The number of aromatic nitrogens is 1. The quantitative estimate of drug-likeness (QED) is 0.769. The number of nitrogens with one attached hydrogen (secondary N) is 1. The van der Waals surface area contributed by atoms with Gasteiger partial charge in [-0.05, 0) is 48.9 Å². The summed E-state index contributed by atoms with van der Waals surface area (Å²) in [6.45, 7) is 5.94. The first-order chi connectivity index (χ1) is 13.2. The van der Waals surface area contributed by atoms with Crippen molar-refractivity contribution in [2.45, 2.75) is 6.92 Å². The fraction of sp³-hybridized carbons (Fsp3) is 0.238. The molecular formula is C21H22N4O2. The van der Waals surface area contributed by atoms with Gasteiger partial charge in [-0.15, -0.1) is 0 Å². The van der Waals surface area contributed by atoms with Crippen molar-refractivity contribution >= 4 is 23.1 Å². The number of carbonyl (C=O) groups excluding carboxylic acids is 1. The zero-order valence-electron chi connectivity index (χ0n) is 15.3. The number of amides is 1. The molecule has 1 saturated heterocycles. The Morgan fingerprint density at radius 3 is 2.41 bits per heavy atom. The molecule has 138 valence electrons. The number of pyridine rings is 1. The SMILES string of the molecule is Cc1cccc(N2CCN(c3ccc(NC(=O)c4ccco4)nc3)CC2)c1. The zero-order chi connectivity index (χ0) is 18.6. The maximum Gasteiger partial charge on any atom is 0.292 e. The summed E-state index contributed by atoms with van der Waals surface area (Å²) in [5.74, 6) is 0.485. The van der Waals surface area contributed by atoms with E-state index in [2.05, 4.69) is 51.3 Å². The number of rotatable bonds is 4. The standard InChI is InChI=1S/C21H22N4O2/c1-16-4-2-5-17(14-16)24-9-11-25(12-10-24)18-7-8-20(22-15-18)23-21(26)19-6-3-13-27-19/h2-8,13-15H,9-12H2,1H3,(H,22,23,26). The van der Waals surface area contributed by atoms with Crippen LogP contribution in [0, 0.1) is 6.92 Å². The van der Waals surface area contributed by atoms with Gasteiger partial charge in [0.1, 0.15) is 5.82 Å². The van der Waals surface area contributed by atoms with Gasteiger partial charge in [-0.3, -0.25) is 4.79 Å². The fourth-order valence-corrected chi connectivity index (χ4v) is 3.28. The van der Waals surface area contributed by atoms with Gasteiger partial charge in [0.25, 0.3) is 5.91 Å². The fourth-order valence-electron chi connectivity index (χ4n) is 3.28. The molecule has 1 fully saturated rings. The summed E-state index contributed by atoms with van der Waals surface area (Å²) >= 11 is 0. The van der Waals surface area contributed by atoms with Crippen LogP contribution < -0.4 is 15.1 Å². The molecule has 6 heteroatoms. The Bertz CT molecular complexity index is 898. The van der Waals surface area contributed by atoms with E-state index in [1.807, 2.05) is 12.1 Å². The lowest BCUT2D eigenvalue weighted by Gasteiger charge is -2.37. The predicted octanol–water partition coefficient (Wildman–Crippen LogP) is 3.56. The molecule has 27 heavy (non-hydrogen) atoms. The van der Waals surface area contributed by atoms with E-state index in [-0.39, 0.29) is 11.7 Å². The number of hydrogen-bond donors (Lipinski definition) is 1. The Labute approximate surface area is 158 Å². The lowest BCUT2D eigenvalue weighted by atomic mass is 10.2. The molecule has 0 aliphatic carbocycles. The maximum atomic E-state index is 12.0. The predicted molar refractivity (Wildman–Crippen MR) is 107 cm³/mol. The summed E-state index contributed by atoms with van der Waals surface area (Å²) in [6.07, 6.45) is 3.28. The van der Waals surface area contributed by atoms with Crippen LogP contribution in [0.15, 0.2) is 65.4 Å². The summed E-state index contributed by atoms with van der Waals surface area (Å²) in [5, 5.41) is 2.74. The van der Waals surface area contributed by atoms with E-state index in [1.165, 1.54) is 17.5 Å². The van der Waals surface area contributed by atoms with Gasteiger partial charge >= 0.3 is 0 Å². The van der Waals surface area contributed by atoms with E-state index in [1.54, 1.807) is 18.3 Å². The Morgan fingerprint density at radius 1 is 1.00 bits per heavy atom. The van der Waals surface area contributed by atoms with Gasteiger partial charge in [0.15, 0.2) is 5.76 Å². The van der Waals surface area contributed by atoms with Crippen molar-refractivity contribution in [1.29, 1.82) is 0 Å². The van der Waals surface area contributed by atoms with Crippen molar-refractivity contribution in [2.24, 2.45) is 0 Å². The van der Waals surface area contributed by atoms with Gasteiger partial charge in [0.2, 0.25) is 0 Å². The van der Waals surface area contributed by atoms with Crippen LogP contribution in [0.5, 0.6) is 0 Å². The van der Waals surface area contributed by atoms with Crippen LogP contribution in [-0.4, -0.2) is 37.1 Å². The molecule has 0 unspecified atom stereocenters. The molecule has 2 aromatic heterocycles. The maximum absolute atomic E-state index is 12.0. The third-order valence-electron chi connectivity index (χ3n) is 4.75. The molecule has 1 amide bonds. The van der Waals surface area contributed by atoms with Crippen LogP contribution in [-0.2, 0) is 0 Å². The lowest BCUT2D eigenvalue weighted by molar-refractivity contribution is 0.0996. The van der Waals surface area contributed by atoms with Crippen LogP contribution in [0.25, 0.3) is 0 Å². The normalized spacial score (nSPS) is 14.3. The highest BCUT2D eigenvalue weighted by atomic mass is 16.3. The first kappa shape index (κ1) is 17.1. The zero-order valence-corrected chi connectivity index (χ0v) is 15.3. The van der Waals surface area contributed by atoms with E-state index in [4.69, 9.17) is 4.42 Å². The lowest BCUT2D eigenvalue weighted by Crippen LogP contribution is -2.46. The number of benzene rings is 1. The van der Waals surface area contributed by atoms with E-state index in [0.29, 0.717) is 5.82 Å². The van der Waals surface area contributed by atoms with Gasteiger partial charge in [0.05, 0.1) is 18.1 Å². The number of furan rings is 1. The van der Waals surface area contributed by atoms with Gasteiger partial charge < -0.3 is 19.5 Å². The number of aryl methyl sites for hydroxylation is 1. The summed E-state index contributed by atoms with van der Waals surface area (Å²) in [7, 11) is 0. The largest absolute Gasteiger partial charge is 0.459 e. The van der Waals surface area contributed by atoms with Gasteiger partial charge in [-0.1, -0.05) is 12.1 Å². The van der Waals surface area contributed by atoms with Crippen molar-refractivity contribution in [1.82, 2.24) is 4.98 Å². The molecule has 3 heterocycles. The van der Waals surface area contributed by atoms with E-state index in [0.717, 1.165) is 31.9 Å². The second-order valence-corrected chi connectivity index (χ2v) is 6.65. The van der Waals surface area contributed by atoms with Crippen LogP contribution in [0.4, 0.5) is 17.2 Å². The molecular weight excluding hydrogens is 340 g/mol. The summed E-state index contributed by atoms with van der Waals surface area (Å²) in [6, 6.07) is 15.7. The van der Waals surface area contributed by atoms with Gasteiger partial charge in [0, 0.05) is 31.9 Å². The van der Waals surface area contributed by atoms with Crippen molar-refractivity contribution in [2.75, 3.05) is 41.3 Å². The summed E-state index contributed by atoms with van der Waals surface area (Å²) < 4.78 is 5.09. The van der Waals surface area contributed by atoms with Crippen molar-refractivity contribution in [3.8, 4) is 0 Å². The van der Waals surface area contributed by atoms with Crippen LogP contribution in [0.2, 0.25) is 0 Å². The highest BCUT2D eigenvalue weighted by Gasteiger charge is 2.18. The molecule has 3 aromatic rings. The number of hydrogen-bond acceptors (Lipinski definition) is 5. The molecule has 6 nitrogen and oxygen atoms in total. The highest BCUT2D eigenvalue weighted by Crippen LogP contribution is 2.21. The van der Waals surface area contributed by atoms with Gasteiger partial charge in [-0.2, -0.15) is 0 Å². The molecule has 1 aliphatic rings. The van der Waals surface area contributed by atoms with Crippen LogP contribution in [0.3, 0.4) is 0 Å². The average Bonchev–Trinajstić information content (AvgIpc) is 3.24. The van der Waals surface area contributed by atoms with Crippen LogP contribution >= 0.6 is 0 Å². The number of piperazine rings is 1. The Kier molecular flexibility index (Phi) is 4.78. The monoisotopic (exact) mass is 362 g/mol. The first-order valence-electron chi connectivity index (χ1n) is 9.06. The van der Waals surface area contributed by atoms with E-state index < -0.39 is 0 Å². The summed E-state index contributed by atoms with van der Waals surface area (Å²) in [5.41, 5.74) is 3.63. The van der Waals surface area contributed by atoms with E-state index >= 15 is 0 Å².